The maximum atomic E-state index is 11.9. The molecule has 1 aliphatic heterocycles. The predicted octanol–water partition coefficient (Wildman–Crippen LogP) is 2.44. The third kappa shape index (κ3) is 5.20. The number of hydrogen-bond acceptors (Lipinski definition) is 4. The van der Waals surface area contributed by atoms with Gasteiger partial charge in [0.25, 0.3) is 0 Å². The van der Waals surface area contributed by atoms with Gasteiger partial charge < -0.3 is 5.32 Å². The SMILES string of the molecule is CC(NC(=O)CSC1CCS(=O)(=O)C1)c1cccc(Cl)c1. The maximum Gasteiger partial charge on any atom is 0.230 e. The average Bonchev–Trinajstić information content (AvgIpc) is 2.76. The lowest BCUT2D eigenvalue weighted by molar-refractivity contribution is -0.119. The molecule has 0 saturated carbocycles. The van der Waals surface area contributed by atoms with Crippen LogP contribution < -0.4 is 5.32 Å². The smallest absolute Gasteiger partial charge is 0.230 e. The summed E-state index contributed by atoms with van der Waals surface area (Å²) in [6.07, 6.45) is 0.643. The van der Waals surface area contributed by atoms with Crippen LogP contribution in [0.25, 0.3) is 0 Å². The molecule has 116 valence electrons. The molecular formula is C14H18ClNO3S2. The van der Waals surface area contributed by atoms with Crippen LogP contribution in [0.15, 0.2) is 24.3 Å². The van der Waals surface area contributed by atoms with Gasteiger partial charge in [-0.2, -0.15) is 0 Å². The fraction of sp³-hybridized carbons (Fsp3) is 0.500. The van der Waals surface area contributed by atoms with Gasteiger partial charge >= 0.3 is 0 Å². The van der Waals surface area contributed by atoms with Gasteiger partial charge in [-0.05, 0) is 31.0 Å². The molecule has 1 aromatic rings. The van der Waals surface area contributed by atoms with E-state index in [-0.39, 0.29) is 34.5 Å². The van der Waals surface area contributed by atoms with Crippen molar-refractivity contribution >= 4 is 39.1 Å². The number of amides is 1. The third-order valence-corrected chi connectivity index (χ3v) is 6.88. The van der Waals surface area contributed by atoms with Crippen LogP contribution in [0.5, 0.6) is 0 Å². The summed E-state index contributed by atoms with van der Waals surface area (Å²) in [5.74, 6) is 0.627. The standard InChI is InChI=1S/C14H18ClNO3S2/c1-10(11-3-2-4-12(15)7-11)16-14(17)8-20-13-5-6-21(18,19)9-13/h2-4,7,10,13H,5-6,8-9H2,1H3,(H,16,17). The molecule has 1 amide bonds. The second-order valence-electron chi connectivity index (χ2n) is 5.18. The Balaban J connectivity index is 1.79. The van der Waals surface area contributed by atoms with Crippen LogP contribution in [0.4, 0.5) is 0 Å². The van der Waals surface area contributed by atoms with Crippen LogP contribution in [-0.2, 0) is 14.6 Å². The number of rotatable bonds is 5. The minimum atomic E-state index is -2.88. The van der Waals surface area contributed by atoms with Crippen molar-refractivity contribution in [1.82, 2.24) is 5.32 Å². The lowest BCUT2D eigenvalue weighted by Gasteiger charge is -2.15. The molecule has 7 heteroatoms. The molecule has 1 aliphatic rings. The normalized spacial score (nSPS) is 21.9. The highest BCUT2D eigenvalue weighted by atomic mass is 35.5. The second kappa shape index (κ2) is 7.03. The van der Waals surface area contributed by atoms with Crippen molar-refractivity contribution in [3.05, 3.63) is 34.9 Å². The van der Waals surface area contributed by atoms with Gasteiger partial charge in [0.05, 0.1) is 23.3 Å². The van der Waals surface area contributed by atoms with Crippen molar-refractivity contribution in [1.29, 1.82) is 0 Å². The minimum absolute atomic E-state index is 0.0437. The summed E-state index contributed by atoms with van der Waals surface area (Å²) >= 11 is 7.34. The molecule has 21 heavy (non-hydrogen) atoms. The molecule has 1 heterocycles. The topological polar surface area (TPSA) is 63.2 Å². The predicted molar refractivity (Wildman–Crippen MR) is 87.5 cm³/mol. The van der Waals surface area contributed by atoms with E-state index in [9.17, 15) is 13.2 Å². The summed E-state index contributed by atoms with van der Waals surface area (Å²) in [6, 6.07) is 7.25. The van der Waals surface area contributed by atoms with Crippen LogP contribution >= 0.6 is 23.4 Å². The van der Waals surface area contributed by atoms with E-state index in [1.807, 2.05) is 25.1 Å². The molecule has 2 atom stereocenters. The van der Waals surface area contributed by atoms with E-state index in [1.54, 1.807) is 6.07 Å². The Kier molecular flexibility index (Phi) is 5.57. The first-order valence-electron chi connectivity index (χ1n) is 6.72. The maximum absolute atomic E-state index is 11.9. The van der Waals surface area contributed by atoms with Crippen molar-refractivity contribution in [2.75, 3.05) is 17.3 Å². The monoisotopic (exact) mass is 347 g/mol. The van der Waals surface area contributed by atoms with Gasteiger partial charge in [0, 0.05) is 10.3 Å². The van der Waals surface area contributed by atoms with Crippen LogP contribution in [-0.4, -0.2) is 36.8 Å². The van der Waals surface area contributed by atoms with Crippen LogP contribution in [0, 0.1) is 0 Å². The Labute approximate surface area is 134 Å². The van der Waals surface area contributed by atoms with E-state index >= 15 is 0 Å². The summed E-state index contributed by atoms with van der Waals surface area (Å²) in [4.78, 5) is 11.9. The number of carbonyl (C=O) groups is 1. The molecule has 1 N–H and O–H groups in total. The summed E-state index contributed by atoms with van der Waals surface area (Å²) in [6.45, 7) is 1.90. The van der Waals surface area contributed by atoms with Crippen molar-refractivity contribution in [3.63, 3.8) is 0 Å². The quantitative estimate of drug-likeness (QED) is 0.888. The van der Waals surface area contributed by atoms with E-state index in [4.69, 9.17) is 11.6 Å². The molecule has 1 aromatic carbocycles. The lowest BCUT2D eigenvalue weighted by Crippen LogP contribution is -2.29. The highest BCUT2D eigenvalue weighted by Gasteiger charge is 2.28. The summed E-state index contributed by atoms with van der Waals surface area (Å²) in [5.41, 5.74) is 0.948. The zero-order valence-corrected chi connectivity index (χ0v) is 14.1. The summed E-state index contributed by atoms with van der Waals surface area (Å²) in [5, 5.41) is 3.58. The van der Waals surface area contributed by atoms with Gasteiger partial charge in [0.2, 0.25) is 5.91 Å². The van der Waals surface area contributed by atoms with Gasteiger partial charge in [0.15, 0.2) is 9.84 Å². The minimum Gasteiger partial charge on any atom is -0.349 e. The molecule has 2 unspecified atom stereocenters. The summed E-state index contributed by atoms with van der Waals surface area (Å²) in [7, 11) is -2.88. The Hall–Kier alpha value is -0.720. The fourth-order valence-electron chi connectivity index (χ4n) is 2.23. The molecular weight excluding hydrogens is 330 g/mol. The molecule has 1 fully saturated rings. The third-order valence-electron chi connectivity index (χ3n) is 3.37. The molecule has 2 rings (SSSR count). The van der Waals surface area contributed by atoms with Crippen LogP contribution in [0.2, 0.25) is 5.02 Å². The van der Waals surface area contributed by atoms with Crippen molar-refractivity contribution in [3.8, 4) is 0 Å². The number of halogens is 1. The van der Waals surface area contributed by atoms with Crippen molar-refractivity contribution < 1.29 is 13.2 Å². The van der Waals surface area contributed by atoms with Crippen molar-refractivity contribution in [2.45, 2.75) is 24.6 Å². The van der Waals surface area contributed by atoms with Gasteiger partial charge in [-0.25, -0.2) is 8.42 Å². The Morgan fingerprint density at radius 3 is 2.90 bits per heavy atom. The second-order valence-corrected chi connectivity index (χ2v) is 9.13. The van der Waals surface area contributed by atoms with E-state index < -0.39 is 9.84 Å². The molecule has 0 aromatic heterocycles. The lowest BCUT2D eigenvalue weighted by atomic mass is 10.1. The highest BCUT2D eigenvalue weighted by Crippen LogP contribution is 2.24. The number of sulfone groups is 1. The number of benzene rings is 1. The van der Waals surface area contributed by atoms with Crippen molar-refractivity contribution in [2.24, 2.45) is 0 Å². The first-order chi connectivity index (χ1) is 9.85. The van der Waals surface area contributed by atoms with Gasteiger partial charge in [0.1, 0.15) is 0 Å². The molecule has 0 aliphatic carbocycles. The largest absolute Gasteiger partial charge is 0.349 e. The Morgan fingerprint density at radius 1 is 1.52 bits per heavy atom. The Bertz CT molecular complexity index is 618. The molecule has 0 radical (unpaired) electrons. The van der Waals surface area contributed by atoms with E-state index in [1.165, 1.54) is 11.8 Å². The van der Waals surface area contributed by atoms with E-state index in [0.29, 0.717) is 11.4 Å². The average molecular weight is 348 g/mol. The van der Waals surface area contributed by atoms with E-state index in [2.05, 4.69) is 5.32 Å². The van der Waals surface area contributed by atoms with Crippen LogP contribution in [0.3, 0.4) is 0 Å². The van der Waals surface area contributed by atoms with Crippen LogP contribution in [0.1, 0.15) is 24.9 Å². The first-order valence-corrected chi connectivity index (χ1v) is 9.97. The number of carbonyl (C=O) groups excluding carboxylic acids is 1. The zero-order valence-electron chi connectivity index (χ0n) is 11.7. The van der Waals surface area contributed by atoms with Gasteiger partial charge in [-0.15, -0.1) is 11.8 Å². The number of nitrogens with one attached hydrogen (secondary N) is 1. The van der Waals surface area contributed by atoms with E-state index in [0.717, 1.165) is 5.56 Å². The van der Waals surface area contributed by atoms with Gasteiger partial charge in [-0.3, -0.25) is 4.79 Å². The Morgan fingerprint density at radius 2 is 2.29 bits per heavy atom. The molecule has 0 spiro atoms. The summed E-state index contributed by atoms with van der Waals surface area (Å²) < 4.78 is 22.7. The molecule has 0 bridgehead atoms. The number of thioether (sulfide) groups is 1. The number of hydrogen-bond donors (Lipinski definition) is 1. The highest BCUT2D eigenvalue weighted by molar-refractivity contribution is 8.02. The molecule has 4 nitrogen and oxygen atoms in total. The first kappa shape index (κ1) is 16.6. The fourth-order valence-corrected chi connectivity index (χ4v) is 5.88. The van der Waals surface area contributed by atoms with Gasteiger partial charge in [-0.1, -0.05) is 23.7 Å². The zero-order chi connectivity index (χ0) is 15.5. The molecule has 1 saturated heterocycles.